The second kappa shape index (κ2) is 6.35. The highest BCUT2D eigenvalue weighted by molar-refractivity contribution is 9.10. The molecule has 2 unspecified atom stereocenters. The molecule has 1 aromatic carbocycles. The van der Waals surface area contributed by atoms with Gasteiger partial charge in [0.2, 0.25) is 0 Å². The van der Waals surface area contributed by atoms with Gasteiger partial charge in [-0.3, -0.25) is 0 Å². The van der Waals surface area contributed by atoms with E-state index in [2.05, 4.69) is 15.9 Å². The van der Waals surface area contributed by atoms with Gasteiger partial charge < -0.3 is 0 Å². The van der Waals surface area contributed by atoms with Gasteiger partial charge in [-0.15, -0.1) is 0 Å². The Morgan fingerprint density at radius 3 is 2.50 bits per heavy atom. The first-order valence-electron chi connectivity index (χ1n) is 5.83. The molecule has 3 nitrogen and oxygen atoms in total. The third-order valence-electron chi connectivity index (χ3n) is 2.87. The third kappa shape index (κ3) is 3.12. The molecule has 0 aliphatic carbocycles. The maximum absolute atomic E-state index is 12.4. The molecule has 0 saturated carbocycles. The van der Waals surface area contributed by atoms with Crippen molar-refractivity contribution in [2.75, 3.05) is 0 Å². The van der Waals surface area contributed by atoms with E-state index in [4.69, 9.17) is 5.26 Å². The van der Waals surface area contributed by atoms with Crippen LogP contribution in [0, 0.1) is 17.2 Å². The van der Waals surface area contributed by atoms with Crippen molar-refractivity contribution in [2.24, 2.45) is 5.92 Å². The third-order valence-corrected chi connectivity index (χ3v) is 6.03. The molecule has 0 N–H and O–H groups in total. The second-order valence-corrected chi connectivity index (χ2v) is 7.18. The van der Waals surface area contributed by atoms with Gasteiger partial charge in [0.1, 0.15) is 0 Å². The van der Waals surface area contributed by atoms with Crippen LogP contribution in [0.15, 0.2) is 33.6 Å². The lowest BCUT2D eigenvalue weighted by molar-refractivity contribution is 0.511. The molecular formula is C13H16BrNO2S. The van der Waals surface area contributed by atoms with Crippen LogP contribution >= 0.6 is 15.9 Å². The lowest BCUT2D eigenvalue weighted by Gasteiger charge is -2.18. The summed E-state index contributed by atoms with van der Waals surface area (Å²) in [7, 11) is -3.61. The van der Waals surface area contributed by atoms with Gasteiger partial charge in [0, 0.05) is 4.47 Å². The van der Waals surface area contributed by atoms with Crippen molar-refractivity contribution >= 4 is 25.8 Å². The van der Waals surface area contributed by atoms with Crippen molar-refractivity contribution < 1.29 is 8.42 Å². The minimum Gasteiger partial charge on any atom is -0.222 e. The molecule has 0 heterocycles. The molecule has 0 amide bonds. The lowest BCUT2D eigenvalue weighted by Crippen LogP contribution is -2.27. The normalized spacial score (nSPS) is 14.8. The second-order valence-electron chi connectivity index (χ2n) is 4.29. The van der Waals surface area contributed by atoms with E-state index < -0.39 is 15.1 Å². The quantitative estimate of drug-likeness (QED) is 0.829. The molecule has 0 radical (unpaired) electrons. The molecule has 5 heteroatoms. The largest absolute Gasteiger partial charge is 0.222 e. The van der Waals surface area contributed by atoms with Crippen LogP contribution in [0.2, 0.25) is 0 Å². The maximum atomic E-state index is 12.4. The Labute approximate surface area is 117 Å². The average molecular weight is 330 g/mol. The topological polar surface area (TPSA) is 57.9 Å². The van der Waals surface area contributed by atoms with Crippen molar-refractivity contribution in [3.05, 3.63) is 28.7 Å². The van der Waals surface area contributed by atoms with Gasteiger partial charge in [-0.1, -0.05) is 32.4 Å². The summed E-state index contributed by atoms with van der Waals surface area (Å²) in [6.45, 7) is 3.79. The van der Waals surface area contributed by atoms with E-state index >= 15 is 0 Å². The number of hydrogen-bond donors (Lipinski definition) is 0. The highest BCUT2D eigenvalue weighted by Gasteiger charge is 2.33. The van der Waals surface area contributed by atoms with E-state index in [0.717, 1.165) is 12.8 Å². The minimum atomic E-state index is -3.61. The molecule has 0 aromatic heterocycles. The summed E-state index contributed by atoms with van der Waals surface area (Å²) in [6.07, 6.45) is 1.59. The van der Waals surface area contributed by atoms with E-state index in [9.17, 15) is 8.42 Å². The van der Waals surface area contributed by atoms with Crippen LogP contribution in [0.1, 0.15) is 26.7 Å². The Morgan fingerprint density at radius 2 is 2.00 bits per heavy atom. The predicted octanol–water partition coefficient (Wildman–Crippen LogP) is 3.55. The van der Waals surface area contributed by atoms with E-state index in [1.165, 1.54) is 6.07 Å². The Bertz CT molecular complexity index is 548. The smallest absolute Gasteiger partial charge is 0.195 e. The van der Waals surface area contributed by atoms with E-state index in [1.54, 1.807) is 18.2 Å². The molecular weight excluding hydrogens is 314 g/mol. The molecule has 0 spiro atoms. The van der Waals surface area contributed by atoms with E-state index in [0.29, 0.717) is 4.47 Å². The number of nitrogens with zero attached hydrogens (tertiary/aromatic N) is 1. The Hall–Kier alpha value is -0.860. The minimum absolute atomic E-state index is 0.169. The van der Waals surface area contributed by atoms with Crippen molar-refractivity contribution in [2.45, 2.75) is 36.8 Å². The zero-order valence-corrected chi connectivity index (χ0v) is 12.8. The fourth-order valence-electron chi connectivity index (χ4n) is 1.92. The van der Waals surface area contributed by atoms with Crippen LogP contribution in [0.5, 0.6) is 0 Å². The Kier molecular flexibility index (Phi) is 5.36. The van der Waals surface area contributed by atoms with Crippen molar-refractivity contribution in [1.29, 1.82) is 5.26 Å². The summed E-state index contributed by atoms with van der Waals surface area (Å²) in [5, 5.41) is 8.18. The lowest BCUT2D eigenvalue weighted by atomic mass is 10.0. The Balaban J connectivity index is 3.21. The fraction of sp³-hybridized carbons (Fsp3) is 0.462. The summed E-state index contributed by atoms with van der Waals surface area (Å²) >= 11 is 3.23. The summed E-state index contributed by atoms with van der Waals surface area (Å²) in [5.41, 5.74) is 0. The first kappa shape index (κ1) is 15.2. The van der Waals surface area contributed by atoms with Crippen molar-refractivity contribution in [3.8, 4) is 6.07 Å². The Morgan fingerprint density at radius 1 is 1.39 bits per heavy atom. The molecule has 98 valence electrons. The zero-order chi connectivity index (χ0) is 13.8. The van der Waals surface area contributed by atoms with E-state index in [-0.39, 0.29) is 10.8 Å². The number of rotatable bonds is 5. The maximum Gasteiger partial charge on any atom is 0.195 e. The molecule has 0 bridgehead atoms. The van der Waals surface area contributed by atoms with Crippen LogP contribution in [0.3, 0.4) is 0 Å². The highest BCUT2D eigenvalue weighted by Crippen LogP contribution is 2.29. The molecule has 0 aliphatic heterocycles. The molecule has 18 heavy (non-hydrogen) atoms. The molecule has 0 saturated heterocycles. The standard InChI is InChI=1S/C13H16BrNO2S/c1-3-6-10(2)13(9-15)18(16,17)12-8-5-4-7-11(12)14/h4-5,7-8,10,13H,3,6H2,1-2H3. The number of halogens is 1. The fourth-order valence-corrected chi connectivity index (χ4v) is 4.65. The van der Waals surface area contributed by atoms with Gasteiger partial charge in [-0.25, -0.2) is 8.42 Å². The summed E-state index contributed by atoms with van der Waals surface area (Å²) < 4.78 is 25.4. The van der Waals surface area contributed by atoms with Gasteiger partial charge in [0.25, 0.3) is 0 Å². The molecule has 0 aliphatic rings. The van der Waals surface area contributed by atoms with Crippen molar-refractivity contribution in [3.63, 3.8) is 0 Å². The van der Waals surface area contributed by atoms with E-state index in [1.807, 2.05) is 19.9 Å². The van der Waals surface area contributed by atoms with Gasteiger partial charge in [0.05, 0.1) is 11.0 Å². The SMILES string of the molecule is CCCC(C)C(C#N)S(=O)(=O)c1ccccc1Br. The van der Waals surface area contributed by atoms with Gasteiger partial charge in [-0.2, -0.15) is 5.26 Å². The summed E-state index contributed by atoms with van der Waals surface area (Å²) in [4.78, 5) is 0.194. The average Bonchev–Trinajstić information content (AvgIpc) is 2.30. The van der Waals surface area contributed by atoms with Crippen LogP contribution in [0.4, 0.5) is 0 Å². The number of benzene rings is 1. The zero-order valence-electron chi connectivity index (χ0n) is 10.4. The molecule has 0 fully saturated rings. The van der Waals surface area contributed by atoms with Gasteiger partial charge >= 0.3 is 0 Å². The molecule has 1 aromatic rings. The molecule has 1 rings (SSSR count). The first-order chi connectivity index (χ1) is 8.45. The van der Waals surface area contributed by atoms with Crippen LogP contribution in [0.25, 0.3) is 0 Å². The predicted molar refractivity (Wildman–Crippen MR) is 74.8 cm³/mol. The highest BCUT2D eigenvalue weighted by atomic mass is 79.9. The van der Waals surface area contributed by atoms with Crippen LogP contribution in [-0.2, 0) is 9.84 Å². The van der Waals surface area contributed by atoms with Gasteiger partial charge in [0.15, 0.2) is 15.1 Å². The van der Waals surface area contributed by atoms with Crippen molar-refractivity contribution in [1.82, 2.24) is 0 Å². The van der Waals surface area contributed by atoms with Crippen LogP contribution < -0.4 is 0 Å². The number of hydrogen-bond acceptors (Lipinski definition) is 3. The number of sulfone groups is 1. The summed E-state index contributed by atoms with van der Waals surface area (Å²) in [6, 6.07) is 8.56. The number of nitriles is 1. The molecule has 2 atom stereocenters. The first-order valence-corrected chi connectivity index (χ1v) is 8.17. The van der Waals surface area contributed by atoms with Gasteiger partial charge in [-0.05, 0) is 40.4 Å². The monoisotopic (exact) mass is 329 g/mol. The summed E-state index contributed by atoms with van der Waals surface area (Å²) in [5.74, 6) is -0.169. The van der Waals surface area contributed by atoms with Crippen LogP contribution in [-0.4, -0.2) is 13.7 Å².